The van der Waals surface area contributed by atoms with Crippen molar-refractivity contribution < 1.29 is 14.6 Å². The molecule has 0 spiro atoms. The number of piperidine rings is 1. The number of carboxylic acids is 1. The van der Waals surface area contributed by atoms with Crippen LogP contribution in [0.5, 0.6) is 0 Å². The van der Waals surface area contributed by atoms with Crippen LogP contribution in [0.1, 0.15) is 49.9 Å². The standard InChI is InChI=1S/C25H28Cl2N4O3.C2H6/c26-19-2-1-3-20(27)24(19)31(29)21(23(28)14-4-5-14)13-34-22-11-18-10-16(22)12-30(18)17-8-6-15(7-9-17)25(32)33;1-2/h1-3,6-9,14,16,18,22H,4-5,10-13,28-29H2,(H,32,33);1-2H3/b23-21-;. The Morgan fingerprint density at radius 1 is 1.11 bits per heavy atom. The van der Waals surface area contributed by atoms with E-state index in [1.54, 1.807) is 30.3 Å². The molecule has 0 amide bonds. The number of hydrogen-bond acceptors (Lipinski definition) is 6. The number of para-hydroxylation sites is 1. The number of ether oxygens (including phenoxy) is 1. The maximum absolute atomic E-state index is 11.1. The highest BCUT2D eigenvalue weighted by molar-refractivity contribution is 6.39. The molecule has 3 aliphatic rings. The Kier molecular flexibility index (Phi) is 8.35. The predicted octanol–water partition coefficient (Wildman–Crippen LogP) is 5.66. The average molecular weight is 534 g/mol. The van der Waals surface area contributed by atoms with Gasteiger partial charge in [0.05, 0.1) is 39.7 Å². The summed E-state index contributed by atoms with van der Waals surface area (Å²) in [4.78, 5) is 13.5. The Hall–Kier alpha value is -2.45. The van der Waals surface area contributed by atoms with Crippen LogP contribution in [0.15, 0.2) is 53.9 Å². The molecule has 36 heavy (non-hydrogen) atoms. The van der Waals surface area contributed by atoms with Crippen LogP contribution >= 0.6 is 23.2 Å². The van der Waals surface area contributed by atoms with Gasteiger partial charge in [0.25, 0.3) is 0 Å². The van der Waals surface area contributed by atoms with Crippen molar-refractivity contribution in [3.05, 3.63) is 69.5 Å². The first-order valence-corrected chi connectivity index (χ1v) is 13.3. The van der Waals surface area contributed by atoms with Crippen molar-refractivity contribution in [1.29, 1.82) is 0 Å². The maximum atomic E-state index is 11.1. The summed E-state index contributed by atoms with van der Waals surface area (Å²) in [5, 5.41) is 11.5. The zero-order chi connectivity index (χ0) is 26.0. The number of hydrogen-bond donors (Lipinski definition) is 3. The lowest BCUT2D eigenvalue weighted by Crippen LogP contribution is -2.40. The summed E-state index contributed by atoms with van der Waals surface area (Å²) in [6, 6.07) is 12.7. The fourth-order valence-electron chi connectivity index (χ4n) is 5.18. The third-order valence-corrected chi connectivity index (χ3v) is 7.79. The zero-order valence-electron chi connectivity index (χ0n) is 20.7. The molecule has 0 radical (unpaired) electrons. The van der Waals surface area contributed by atoms with E-state index in [4.69, 9.17) is 44.6 Å². The summed E-state index contributed by atoms with van der Waals surface area (Å²) in [7, 11) is 0. The van der Waals surface area contributed by atoms with Gasteiger partial charge in [-0.15, -0.1) is 0 Å². The van der Waals surface area contributed by atoms with Gasteiger partial charge < -0.3 is 20.5 Å². The van der Waals surface area contributed by atoms with E-state index in [0.29, 0.717) is 51.5 Å². The van der Waals surface area contributed by atoms with Gasteiger partial charge in [-0.05, 0) is 62.1 Å². The van der Waals surface area contributed by atoms with E-state index in [1.807, 2.05) is 26.0 Å². The molecule has 5 N–H and O–H groups in total. The molecule has 2 aliphatic carbocycles. The summed E-state index contributed by atoms with van der Waals surface area (Å²) >= 11 is 12.8. The van der Waals surface area contributed by atoms with Crippen molar-refractivity contribution in [2.45, 2.75) is 51.7 Å². The number of benzene rings is 2. The molecule has 1 aliphatic heterocycles. The van der Waals surface area contributed by atoms with Crippen LogP contribution in [0, 0.1) is 11.8 Å². The highest BCUT2D eigenvalue weighted by Crippen LogP contribution is 2.43. The molecule has 0 aromatic heterocycles. The van der Waals surface area contributed by atoms with Crippen LogP contribution in [0.2, 0.25) is 10.0 Å². The van der Waals surface area contributed by atoms with Crippen LogP contribution < -0.4 is 21.5 Å². The first-order valence-electron chi connectivity index (χ1n) is 12.5. The topological polar surface area (TPSA) is 105 Å². The summed E-state index contributed by atoms with van der Waals surface area (Å²) in [5.74, 6) is 6.29. The second-order valence-corrected chi connectivity index (χ2v) is 10.2. The van der Waals surface area contributed by atoms with Crippen molar-refractivity contribution in [2.75, 3.05) is 23.1 Å². The molecule has 3 unspecified atom stereocenters. The lowest BCUT2D eigenvalue weighted by atomic mass is 10.0. The number of allylic oxidation sites excluding steroid dienone is 1. The van der Waals surface area contributed by atoms with E-state index in [2.05, 4.69) is 4.90 Å². The van der Waals surface area contributed by atoms with Gasteiger partial charge in [0.1, 0.15) is 0 Å². The molecule has 1 saturated heterocycles. The van der Waals surface area contributed by atoms with Crippen molar-refractivity contribution in [2.24, 2.45) is 23.4 Å². The number of nitrogens with zero attached hydrogens (tertiary/aromatic N) is 2. The van der Waals surface area contributed by atoms with Crippen molar-refractivity contribution >= 4 is 40.5 Å². The van der Waals surface area contributed by atoms with Gasteiger partial charge in [0.2, 0.25) is 0 Å². The van der Waals surface area contributed by atoms with E-state index >= 15 is 0 Å². The molecule has 9 heteroatoms. The molecule has 3 fully saturated rings. The Morgan fingerprint density at radius 3 is 2.28 bits per heavy atom. The number of carbonyl (C=O) groups is 1. The Bertz CT molecular complexity index is 1100. The normalized spacial score (nSPS) is 23.1. The molecule has 2 aromatic carbocycles. The number of aromatic carboxylic acids is 1. The number of nitrogens with two attached hydrogens (primary N) is 2. The number of rotatable bonds is 8. The van der Waals surface area contributed by atoms with Crippen LogP contribution in [0.3, 0.4) is 0 Å². The summed E-state index contributed by atoms with van der Waals surface area (Å²) in [5.41, 5.74) is 9.82. The second kappa shape index (κ2) is 11.3. The van der Waals surface area contributed by atoms with Crippen molar-refractivity contribution in [3.63, 3.8) is 0 Å². The molecule has 2 aromatic rings. The van der Waals surface area contributed by atoms with Gasteiger partial charge in [-0.3, -0.25) is 5.01 Å². The molecule has 5 rings (SSSR count). The Labute approximate surface area is 222 Å². The number of anilines is 2. The minimum absolute atomic E-state index is 0.108. The monoisotopic (exact) mass is 532 g/mol. The van der Waals surface area contributed by atoms with Crippen LogP contribution in [0.25, 0.3) is 0 Å². The highest BCUT2D eigenvalue weighted by atomic mass is 35.5. The number of halogens is 2. The third-order valence-electron chi connectivity index (χ3n) is 7.18. The average Bonchev–Trinajstić information content (AvgIpc) is 3.54. The van der Waals surface area contributed by atoms with Gasteiger partial charge in [0, 0.05) is 35.8 Å². The minimum atomic E-state index is -0.913. The molecule has 2 saturated carbocycles. The van der Waals surface area contributed by atoms with Gasteiger partial charge >= 0.3 is 5.97 Å². The largest absolute Gasteiger partial charge is 0.478 e. The van der Waals surface area contributed by atoms with Crippen molar-refractivity contribution in [1.82, 2.24) is 0 Å². The van der Waals surface area contributed by atoms with Crippen LogP contribution in [-0.4, -0.2) is 36.4 Å². The van der Waals surface area contributed by atoms with E-state index in [0.717, 1.165) is 43.6 Å². The zero-order valence-corrected chi connectivity index (χ0v) is 22.2. The van der Waals surface area contributed by atoms with Crippen LogP contribution in [-0.2, 0) is 4.74 Å². The number of fused-ring (bicyclic) bond motifs is 2. The minimum Gasteiger partial charge on any atom is -0.478 e. The summed E-state index contributed by atoms with van der Waals surface area (Å²) < 4.78 is 6.41. The van der Waals surface area contributed by atoms with Crippen molar-refractivity contribution in [3.8, 4) is 0 Å². The summed E-state index contributed by atoms with van der Waals surface area (Å²) in [6.07, 6.45) is 4.15. The lowest BCUT2D eigenvalue weighted by molar-refractivity contribution is 0.0372. The lowest BCUT2D eigenvalue weighted by Gasteiger charge is -2.34. The molecule has 2 bridgehead atoms. The Balaban J connectivity index is 0.00000148. The quantitative estimate of drug-likeness (QED) is 0.297. The third kappa shape index (κ3) is 5.44. The van der Waals surface area contributed by atoms with E-state index in [1.165, 1.54) is 5.01 Å². The fourth-order valence-corrected chi connectivity index (χ4v) is 5.76. The van der Waals surface area contributed by atoms with Crippen LogP contribution in [0.4, 0.5) is 11.4 Å². The van der Waals surface area contributed by atoms with E-state index < -0.39 is 5.97 Å². The van der Waals surface area contributed by atoms with E-state index in [-0.39, 0.29) is 6.10 Å². The van der Waals surface area contributed by atoms with Gasteiger partial charge in [-0.1, -0.05) is 43.1 Å². The SMILES string of the molecule is CC.N/C(=C(/COC1CC2CC1CN2c1ccc(C(=O)O)cc1)N(N)c1c(Cl)cccc1Cl)C1CC1. The van der Waals surface area contributed by atoms with Gasteiger partial charge in [-0.2, -0.15) is 0 Å². The first kappa shape index (κ1) is 26.6. The number of hydrazine groups is 1. The first-order chi connectivity index (χ1) is 17.3. The highest BCUT2D eigenvalue weighted by Gasteiger charge is 2.45. The molecule has 3 atom stereocenters. The fraction of sp³-hybridized carbons (Fsp3) is 0.444. The van der Waals surface area contributed by atoms with Gasteiger partial charge in [0.15, 0.2) is 0 Å². The summed E-state index contributed by atoms with van der Waals surface area (Å²) in [6.45, 7) is 5.17. The molecule has 194 valence electrons. The molecule has 7 nitrogen and oxygen atoms in total. The predicted molar refractivity (Wildman–Crippen MR) is 145 cm³/mol. The second-order valence-electron chi connectivity index (χ2n) is 9.36. The smallest absolute Gasteiger partial charge is 0.335 e. The molecule has 1 heterocycles. The van der Waals surface area contributed by atoms with E-state index in [9.17, 15) is 4.79 Å². The Morgan fingerprint density at radius 2 is 1.75 bits per heavy atom. The van der Waals surface area contributed by atoms with Gasteiger partial charge in [-0.25, -0.2) is 10.6 Å². The number of carboxylic acid groups (broad SMARTS) is 1. The molecular weight excluding hydrogens is 499 g/mol. The maximum Gasteiger partial charge on any atom is 0.335 e. The molecular formula is C27H34Cl2N4O3.